The van der Waals surface area contributed by atoms with Gasteiger partial charge in [0.25, 0.3) is 0 Å². The summed E-state index contributed by atoms with van der Waals surface area (Å²) in [6, 6.07) is 14.9. The Morgan fingerprint density at radius 2 is 1.67 bits per heavy atom. The molecular formula is C15H15N3O2S. The van der Waals surface area contributed by atoms with Crippen molar-refractivity contribution in [3.05, 3.63) is 59.7 Å². The first-order valence-corrected chi connectivity index (χ1v) is 7.68. The quantitative estimate of drug-likeness (QED) is 0.874. The van der Waals surface area contributed by atoms with Crippen LogP contribution in [0, 0.1) is 11.3 Å². The molecule has 2 rings (SSSR count). The lowest BCUT2D eigenvalue weighted by molar-refractivity contribution is 0.467. The minimum absolute atomic E-state index is 0.202. The fourth-order valence-corrected chi connectivity index (χ4v) is 3.01. The highest BCUT2D eigenvalue weighted by Crippen LogP contribution is 2.18. The number of nitrogens with zero attached hydrogens (tertiary/aromatic N) is 2. The van der Waals surface area contributed by atoms with Gasteiger partial charge in [-0.1, -0.05) is 12.1 Å². The number of benzene rings is 2. The lowest BCUT2D eigenvalue weighted by Crippen LogP contribution is -2.26. The van der Waals surface area contributed by atoms with Crippen molar-refractivity contribution in [1.29, 1.82) is 5.26 Å². The molecule has 0 heterocycles. The van der Waals surface area contributed by atoms with Crippen molar-refractivity contribution in [2.24, 2.45) is 0 Å². The zero-order chi connectivity index (χ0) is 15.5. The Hall–Kier alpha value is -2.36. The molecule has 2 aromatic rings. The van der Waals surface area contributed by atoms with Crippen molar-refractivity contribution in [3.8, 4) is 6.07 Å². The third-order valence-electron chi connectivity index (χ3n) is 3.08. The van der Waals surface area contributed by atoms with Crippen LogP contribution in [0.25, 0.3) is 0 Å². The summed E-state index contributed by atoms with van der Waals surface area (Å²) in [6.07, 6.45) is 0. The number of hydrogen-bond acceptors (Lipinski definition) is 4. The van der Waals surface area contributed by atoms with Crippen LogP contribution < -0.4 is 5.73 Å². The Balaban J connectivity index is 2.20. The van der Waals surface area contributed by atoms with E-state index in [4.69, 9.17) is 11.0 Å². The first kappa shape index (κ1) is 15.0. The molecule has 5 nitrogen and oxygen atoms in total. The average molecular weight is 301 g/mol. The molecule has 0 unspecified atom stereocenters. The number of nitrogens with two attached hydrogens (primary N) is 1. The minimum Gasteiger partial charge on any atom is -0.399 e. The van der Waals surface area contributed by atoms with E-state index < -0.39 is 10.0 Å². The van der Waals surface area contributed by atoms with Gasteiger partial charge in [0, 0.05) is 19.3 Å². The molecule has 108 valence electrons. The Morgan fingerprint density at radius 1 is 1.10 bits per heavy atom. The van der Waals surface area contributed by atoms with E-state index in [0.29, 0.717) is 11.3 Å². The molecule has 0 aromatic heterocycles. The van der Waals surface area contributed by atoms with Crippen LogP contribution in [0.15, 0.2) is 53.4 Å². The van der Waals surface area contributed by atoms with Crippen molar-refractivity contribution in [3.63, 3.8) is 0 Å². The summed E-state index contributed by atoms with van der Waals surface area (Å²) < 4.78 is 26.1. The van der Waals surface area contributed by atoms with E-state index in [1.54, 1.807) is 36.4 Å². The van der Waals surface area contributed by atoms with Crippen molar-refractivity contribution in [2.75, 3.05) is 12.8 Å². The summed E-state index contributed by atoms with van der Waals surface area (Å²) in [5.41, 5.74) is 7.44. The van der Waals surface area contributed by atoms with E-state index in [2.05, 4.69) is 0 Å². The van der Waals surface area contributed by atoms with E-state index in [9.17, 15) is 8.42 Å². The maximum Gasteiger partial charge on any atom is 0.243 e. The van der Waals surface area contributed by atoms with Crippen LogP contribution in [0.4, 0.5) is 5.69 Å². The third kappa shape index (κ3) is 3.40. The third-order valence-corrected chi connectivity index (χ3v) is 4.89. The summed E-state index contributed by atoms with van der Waals surface area (Å²) in [6.45, 7) is 0.235. The van der Waals surface area contributed by atoms with Crippen LogP contribution in [0.1, 0.15) is 11.1 Å². The largest absolute Gasteiger partial charge is 0.399 e. The van der Waals surface area contributed by atoms with Crippen LogP contribution in [0.5, 0.6) is 0 Å². The Bertz CT molecular complexity index is 760. The number of sulfonamides is 1. The number of anilines is 1. The molecule has 21 heavy (non-hydrogen) atoms. The Morgan fingerprint density at radius 3 is 2.19 bits per heavy atom. The molecule has 0 bridgehead atoms. The van der Waals surface area contributed by atoms with Gasteiger partial charge in [-0.25, -0.2) is 8.42 Å². The SMILES string of the molecule is CN(Cc1ccc(C#N)cc1)S(=O)(=O)c1ccc(N)cc1. The second-order valence-electron chi connectivity index (χ2n) is 4.64. The average Bonchev–Trinajstić information content (AvgIpc) is 2.48. The molecule has 2 aromatic carbocycles. The highest BCUT2D eigenvalue weighted by molar-refractivity contribution is 7.89. The van der Waals surface area contributed by atoms with Gasteiger partial charge in [0.2, 0.25) is 10.0 Å². The fraction of sp³-hybridized carbons (Fsp3) is 0.133. The second-order valence-corrected chi connectivity index (χ2v) is 6.68. The van der Waals surface area contributed by atoms with Gasteiger partial charge in [-0.2, -0.15) is 9.57 Å². The molecule has 0 amide bonds. The maximum atomic E-state index is 12.4. The molecule has 0 radical (unpaired) electrons. The van der Waals surface area contributed by atoms with Crippen molar-refractivity contribution in [2.45, 2.75) is 11.4 Å². The minimum atomic E-state index is -3.56. The molecule has 0 fully saturated rings. The van der Waals surface area contributed by atoms with Crippen LogP contribution in [0.3, 0.4) is 0 Å². The van der Waals surface area contributed by atoms with Gasteiger partial charge in [-0.15, -0.1) is 0 Å². The molecule has 0 spiro atoms. The molecule has 0 atom stereocenters. The van der Waals surface area contributed by atoms with Gasteiger partial charge >= 0.3 is 0 Å². The van der Waals surface area contributed by atoms with E-state index in [-0.39, 0.29) is 11.4 Å². The predicted molar refractivity (Wildman–Crippen MR) is 80.7 cm³/mol. The normalized spacial score (nSPS) is 11.3. The highest BCUT2D eigenvalue weighted by atomic mass is 32.2. The summed E-state index contributed by atoms with van der Waals surface area (Å²) >= 11 is 0. The van der Waals surface area contributed by atoms with E-state index in [1.165, 1.54) is 23.5 Å². The molecule has 6 heteroatoms. The molecule has 0 aliphatic carbocycles. The second kappa shape index (κ2) is 5.95. The van der Waals surface area contributed by atoms with Crippen LogP contribution >= 0.6 is 0 Å². The fourth-order valence-electron chi connectivity index (χ4n) is 1.85. The van der Waals surface area contributed by atoms with Gasteiger partial charge < -0.3 is 5.73 Å². The summed E-state index contributed by atoms with van der Waals surface area (Å²) in [4.78, 5) is 0.202. The van der Waals surface area contributed by atoms with Gasteiger partial charge in [0.1, 0.15) is 0 Å². The topological polar surface area (TPSA) is 87.2 Å². The first-order valence-electron chi connectivity index (χ1n) is 6.24. The van der Waals surface area contributed by atoms with Crippen LogP contribution in [-0.2, 0) is 16.6 Å². The summed E-state index contributed by atoms with van der Waals surface area (Å²) in [5.74, 6) is 0. The van der Waals surface area contributed by atoms with Crippen LogP contribution in [0.2, 0.25) is 0 Å². The molecule has 0 saturated heterocycles. The van der Waals surface area contributed by atoms with Crippen molar-refractivity contribution >= 4 is 15.7 Å². The lowest BCUT2D eigenvalue weighted by atomic mass is 10.1. The van der Waals surface area contributed by atoms with E-state index in [1.807, 2.05) is 6.07 Å². The predicted octanol–water partition coefficient (Wildman–Crippen LogP) is 1.96. The Labute approximate surface area is 124 Å². The molecule has 0 saturated carbocycles. The maximum absolute atomic E-state index is 12.4. The zero-order valence-electron chi connectivity index (χ0n) is 11.5. The lowest BCUT2D eigenvalue weighted by Gasteiger charge is -2.17. The first-order chi connectivity index (χ1) is 9.93. The van der Waals surface area contributed by atoms with E-state index in [0.717, 1.165) is 5.56 Å². The number of nitriles is 1. The Kier molecular flexibility index (Phi) is 4.26. The number of hydrogen-bond donors (Lipinski definition) is 1. The number of rotatable bonds is 4. The molecular weight excluding hydrogens is 286 g/mol. The van der Waals surface area contributed by atoms with Crippen LogP contribution in [-0.4, -0.2) is 19.8 Å². The summed E-state index contributed by atoms with van der Waals surface area (Å²) in [5, 5.41) is 8.74. The monoisotopic (exact) mass is 301 g/mol. The smallest absolute Gasteiger partial charge is 0.243 e. The van der Waals surface area contributed by atoms with E-state index >= 15 is 0 Å². The number of nitrogen functional groups attached to an aromatic ring is 1. The van der Waals surface area contributed by atoms with Crippen molar-refractivity contribution in [1.82, 2.24) is 4.31 Å². The standard InChI is InChI=1S/C15H15N3O2S/c1-18(11-13-4-2-12(10-16)3-5-13)21(19,20)15-8-6-14(17)7-9-15/h2-9H,11,17H2,1H3. The van der Waals surface area contributed by atoms with Gasteiger partial charge in [-0.05, 0) is 42.0 Å². The summed E-state index contributed by atoms with van der Waals surface area (Å²) in [7, 11) is -2.04. The molecule has 0 aliphatic rings. The molecule has 0 aliphatic heterocycles. The highest BCUT2D eigenvalue weighted by Gasteiger charge is 2.20. The van der Waals surface area contributed by atoms with Gasteiger partial charge in [0.15, 0.2) is 0 Å². The molecule has 2 N–H and O–H groups in total. The van der Waals surface area contributed by atoms with Gasteiger partial charge in [-0.3, -0.25) is 0 Å². The van der Waals surface area contributed by atoms with Crippen molar-refractivity contribution < 1.29 is 8.42 Å². The zero-order valence-corrected chi connectivity index (χ0v) is 12.3. The van der Waals surface area contributed by atoms with Gasteiger partial charge in [0.05, 0.1) is 16.5 Å².